The van der Waals surface area contributed by atoms with E-state index in [0.717, 1.165) is 23.5 Å². The number of methoxy groups -OCH3 is 1. The van der Waals surface area contributed by atoms with Gasteiger partial charge in [0.2, 0.25) is 0 Å². The van der Waals surface area contributed by atoms with Crippen LogP contribution >= 0.6 is 0 Å². The van der Waals surface area contributed by atoms with Gasteiger partial charge < -0.3 is 10.1 Å². The lowest BCUT2D eigenvalue weighted by Gasteiger charge is -2.30. The van der Waals surface area contributed by atoms with Crippen LogP contribution in [0.1, 0.15) is 25.7 Å². The van der Waals surface area contributed by atoms with Gasteiger partial charge >= 0.3 is 0 Å². The van der Waals surface area contributed by atoms with Crippen molar-refractivity contribution in [3.63, 3.8) is 0 Å². The molecule has 1 aromatic carbocycles. The van der Waals surface area contributed by atoms with Crippen molar-refractivity contribution >= 4 is 10.8 Å². The Labute approximate surface area is 111 Å². The van der Waals surface area contributed by atoms with Crippen LogP contribution in [0.25, 0.3) is 0 Å². The summed E-state index contributed by atoms with van der Waals surface area (Å²) >= 11 is 0. The Kier molecular flexibility index (Phi) is 4.78. The molecule has 0 saturated heterocycles. The summed E-state index contributed by atoms with van der Waals surface area (Å²) in [4.78, 5) is 0.906. The van der Waals surface area contributed by atoms with Gasteiger partial charge in [-0.3, -0.25) is 4.21 Å². The molecule has 0 radical (unpaired) electrons. The quantitative estimate of drug-likeness (QED) is 0.910. The first-order chi connectivity index (χ1) is 8.76. The minimum absolute atomic E-state index is 0.233. The SMILES string of the molecule is CNC1CCCCC1S(=O)c1ccc(OC)cc1. The van der Waals surface area contributed by atoms with Gasteiger partial charge in [-0.25, -0.2) is 0 Å². The van der Waals surface area contributed by atoms with E-state index in [-0.39, 0.29) is 5.25 Å². The van der Waals surface area contributed by atoms with Crippen LogP contribution in [0.5, 0.6) is 5.75 Å². The molecule has 0 aromatic heterocycles. The fourth-order valence-corrected chi connectivity index (χ4v) is 4.27. The van der Waals surface area contributed by atoms with E-state index in [1.54, 1.807) is 7.11 Å². The summed E-state index contributed by atoms with van der Waals surface area (Å²) in [5.41, 5.74) is 0. The molecule has 0 aliphatic heterocycles. The normalized spacial score (nSPS) is 25.7. The van der Waals surface area contributed by atoms with Crippen molar-refractivity contribution in [2.45, 2.75) is 41.9 Å². The second-order valence-corrected chi connectivity index (χ2v) is 6.36. The number of rotatable bonds is 4. The molecule has 0 bridgehead atoms. The maximum atomic E-state index is 12.6. The van der Waals surface area contributed by atoms with Gasteiger partial charge in [0, 0.05) is 10.9 Å². The van der Waals surface area contributed by atoms with Crippen LogP contribution < -0.4 is 10.1 Å². The molecule has 0 heterocycles. The van der Waals surface area contributed by atoms with Gasteiger partial charge in [-0.1, -0.05) is 12.8 Å². The fraction of sp³-hybridized carbons (Fsp3) is 0.571. The van der Waals surface area contributed by atoms with Crippen LogP contribution in [0.15, 0.2) is 29.2 Å². The third-order valence-electron chi connectivity index (χ3n) is 3.64. The van der Waals surface area contributed by atoms with E-state index >= 15 is 0 Å². The van der Waals surface area contributed by atoms with Crippen LogP contribution in [0.3, 0.4) is 0 Å². The molecule has 1 N–H and O–H groups in total. The van der Waals surface area contributed by atoms with Gasteiger partial charge in [0.1, 0.15) is 5.75 Å². The van der Waals surface area contributed by atoms with Crippen molar-refractivity contribution in [2.24, 2.45) is 0 Å². The largest absolute Gasteiger partial charge is 0.497 e. The average molecular weight is 267 g/mol. The molecule has 1 aromatic rings. The van der Waals surface area contributed by atoms with Crippen LogP contribution in [-0.4, -0.2) is 29.7 Å². The number of nitrogens with one attached hydrogen (secondary N) is 1. The first-order valence-electron chi connectivity index (χ1n) is 6.48. The Morgan fingerprint density at radius 3 is 2.50 bits per heavy atom. The predicted molar refractivity (Wildman–Crippen MR) is 74.5 cm³/mol. The Hall–Kier alpha value is -0.870. The second-order valence-electron chi connectivity index (χ2n) is 4.69. The molecule has 3 nitrogen and oxygen atoms in total. The third-order valence-corrected chi connectivity index (χ3v) is 5.49. The number of benzene rings is 1. The Balaban J connectivity index is 2.13. The van der Waals surface area contributed by atoms with Crippen LogP contribution in [0, 0.1) is 0 Å². The van der Waals surface area contributed by atoms with Crippen LogP contribution in [0.2, 0.25) is 0 Å². The third kappa shape index (κ3) is 2.93. The highest BCUT2D eigenvalue weighted by Crippen LogP contribution is 2.27. The van der Waals surface area contributed by atoms with Gasteiger partial charge in [-0.2, -0.15) is 0 Å². The monoisotopic (exact) mass is 267 g/mol. The van der Waals surface area contributed by atoms with E-state index < -0.39 is 10.8 Å². The molecular formula is C14H21NO2S. The molecule has 4 heteroatoms. The topological polar surface area (TPSA) is 38.3 Å². The Bertz CT molecular complexity index is 405. The molecule has 0 spiro atoms. The lowest BCUT2D eigenvalue weighted by atomic mass is 9.95. The summed E-state index contributed by atoms with van der Waals surface area (Å²) in [6.07, 6.45) is 4.60. The van der Waals surface area contributed by atoms with E-state index in [4.69, 9.17) is 4.74 Å². The minimum Gasteiger partial charge on any atom is -0.497 e. The number of hydrogen-bond donors (Lipinski definition) is 1. The van der Waals surface area contributed by atoms with Gasteiger partial charge in [0.25, 0.3) is 0 Å². The van der Waals surface area contributed by atoms with Gasteiger partial charge in [0.05, 0.1) is 23.2 Å². The van der Waals surface area contributed by atoms with E-state index in [2.05, 4.69) is 5.32 Å². The van der Waals surface area contributed by atoms with Gasteiger partial charge in [-0.15, -0.1) is 0 Å². The van der Waals surface area contributed by atoms with E-state index in [1.165, 1.54) is 12.8 Å². The van der Waals surface area contributed by atoms with Crippen molar-refractivity contribution in [3.8, 4) is 5.75 Å². The maximum absolute atomic E-state index is 12.6. The first kappa shape index (κ1) is 13.6. The number of ether oxygens (including phenoxy) is 1. The minimum atomic E-state index is -0.928. The molecule has 2 rings (SSSR count). The highest BCUT2D eigenvalue weighted by Gasteiger charge is 2.29. The molecular weight excluding hydrogens is 246 g/mol. The molecule has 3 atom stereocenters. The van der Waals surface area contributed by atoms with Crippen LogP contribution in [-0.2, 0) is 10.8 Å². The van der Waals surface area contributed by atoms with E-state index in [0.29, 0.717) is 6.04 Å². The molecule has 1 aliphatic carbocycles. The standard InChI is InChI=1S/C14H21NO2S/c1-15-13-5-3-4-6-14(13)18(16)12-9-7-11(17-2)8-10-12/h7-10,13-15H,3-6H2,1-2H3. The highest BCUT2D eigenvalue weighted by atomic mass is 32.2. The zero-order valence-electron chi connectivity index (χ0n) is 11.0. The first-order valence-corrected chi connectivity index (χ1v) is 7.69. The lowest BCUT2D eigenvalue weighted by Crippen LogP contribution is -2.42. The second kappa shape index (κ2) is 6.34. The summed E-state index contributed by atoms with van der Waals surface area (Å²) < 4.78 is 17.7. The summed E-state index contributed by atoms with van der Waals surface area (Å²) in [5.74, 6) is 0.810. The summed E-state index contributed by atoms with van der Waals surface area (Å²) in [7, 11) is 2.68. The van der Waals surface area contributed by atoms with Gasteiger partial charge in [-0.05, 0) is 44.2 Å². The number of hydrogen-bond acceptors (Lipinski definition) is 3. The molecule has 1 aliphatic rings. The maximum Gasteiger partial charge on any atom is 0.118 e. The molecule has 18 heavy (non-hydrogen) atoms. The predicted octanol–water partition coefficient (Wildman–Crippen LogP) is 2.33. The van der Waals surface area contributed by atoms with Crippen molar-refractivity contribution < 1.29 is 8.95 Å². The van der Waals surface area contributed by atoms with E-state index in [1.807, 2.05) is 31.3 Å². The fourth-order valence-electron chi connectivity index (χ4n) is 2.57. The van der Waals surface area contributed by atoms with Crippen molar-refractivity contribution in [2.75, 3.05) is 14.2 Å². The Morgan fingerprint density at radius 2 is 1.89 bits per heavy atom. The van der Waals surface area contributed by atoms with Crippen molar-refractivity contribution in [1.82, 2.24) is 5.32 Å². The zero-order chi connectivity index (χ0) is 13.0. The van der Waals surface area contributed by atoms with E-state index in [9.17, 15) is 4.21 Å². The zero-order valence-corrected chi connectivity index (χ0v) is 11.8. The smallest absolute Gasteiger partial charge is 0.118 e. The lowest BCUT2D eigenvalue weighted by molar-refractivity contribution is 0.399. The van der Waals surface area contributed by atoms with Crippen LogP contribution in [0.4, 0.5) is 0 Å². The summed E-state index contributed by atoms with van der Waals surface area (Å²) in [5, 5.41) is 3.54. The molecule has 0 amide bonds. The summed E-state index contributed by atoms with van der Waals surface area (Å²) in [6, 6.07) is 7.96. The molecule has 100 valence electrons. The van der Waals surface area contributed by atoms with Crippen molar-refractivity contribution in [1.29, 1.82) is 0 Å². The highest BCUT2D eigenvalue weighted by molar-refractivity contribution is 7.85. The molecule has 1 saturated carbocycles. The molecule has 3 unspecified atom stereocenters. The van der Waals surface area contributed by atoms with Gasteiger partial charge in [0.15, 0.2) is 0 Å². The summed E-state index contributed by atoms with van der Waals surface area (Å²) in [6.45, 7) is 0. The average Bonchev–Trinajstić information content (AvgIpc) is 2.46. The van der Waals surface area contributed by atoms with Crippen molar-refractivity contribution in [3.05, 3.63) is 24.3 Å². The Morgan fingerprint density at radius 1 is 1.22 bits per heavy atom. The molecule has 1 fully saturated rings.